The van der Waals surface area contributed by atoms with Gasteiger partial charge in [-0.25, -0.2) is 5.84 Å². The summed E-state index contributed by atoms with van der Waals surface area (Å²) < 4.78 is 0.750. The second kappa shape index (κ2) is 3.63. The topological polar surface area (TPSA) is 55.1 Å². The van der Waals surface area contributed by atoms with Gasteiger partial charge in [-0.1, -0.05) is 15.9 Å². The highest BCUT2D eigenvalue weighted by Gasteiger charge is 1.88. The minimum atomic E-state index is -0.306. The maximum absolute atomic E-state index is 10.3. The number of hydrogen-bond acceptors (Lipinski definition) is 2. The number of hydrogen-bond donors (Lipinski definition) is 2. The van der Waals surface area contributed by atoms with Gasteiger partial charge < -0.3 is 0 Å². The molecule has 0 aromatic carbocycles. The van der Waals surface area contributed by atoms with Crippen molar-refractivity contribution in [2.45, 2.75) is 6.92 Å². The van der Waals surface area contributed by atoms with Gasteiger partial charge in [-0.2, -0.15) is 0 Å². The van der Waals surface area contributed by atoms with Gasteiger partial charge in [-0.3, -0.25) is 10.2 Å². The van der Waals surface area contributed by atoms with Gasteiger partial charge >= 0.3 is 0 Å². The minimum Gasteiger partial charge on any atom is -0.291 e. The fraction of sp³-hybridized carbons (Fsp3) is 0.250. The molecule has 0 aliphatic rings. The van der Waals surface area contributed by atoms with Crippen molar-refractivity contribution in [3.63, 3.8) is 0 Å². The molecule has 0 heterocycles. The van der Waals surface area contributed by atoms with E-state index in [1.807, 2.05) is 5.43 Å². The van der Waals surface area contributed by atoms with E-state index in [-0.39, 0.29) is 5.91 Å². The Hall–Kier alpha value is -0.350. The van der Waals surface area contributed by atoms with Crippen molar-refractivity contribution >= 4 is 21.8 Å². The van der Waals surface area contributed by atoms with Crippen LogP contribution < -0.4 is 11.3 Å². The zero-order chi connectivity index (χ0) is 6.57. The van der Waals surface area contributed by atoms with E-state index in [1.54, 1.807) is 6.92 Å². The van der Waals surface area contributed by atoms with E-state index in [4.69, 9.17) is 5.84 Å². The Kier molecular flexibility index (Phi) is 3.47. The molecule has 0 aliphatic carbocycles. The normalized spacial score (nSPS) is 11.1. The van der Waals surface area contributed by atoms with E-state index < -0.39 is 0 Å². The second-order valence-electron chi connectivity index (χ2n) is 1.24. The third-order valence-corrected chi connectivity index (χ3v) is 0.701. The monoisotopic (exact) mass is 178 g/mol. The lowest BCUT2D eigenvalue weighted by molar-refractivity contribution is -0.116. The van der Waals surface area contributed by atoms with Crippen LogP contribution in [0.4, 0.5) is 0 Å². The van der Waals surface area contributed by atoms with Crippen molar-refractivity contribution in [2.75, 3.05) is 0 Å². The van der Waals surface area contributed by atoms with Gasteiger partial charge in [0, 0.05) is 6.08 Å². The molecule has 0 radical (unpaired) electrons. The van der Waals surface area contributed by atoms with Crippen LogP contribution in [0.3, 0.4) is 0 Å². The van der Waals surface area contributed by atoms with Crippen molar-refractivity contribution in [1.82, 2.24) is 5.43 Å². The highest BCUT2D eigenvalue weighted by Crippen LogP contribution is 1.99. The maximum atomic E-state index is 10.3. The van der Waals surface area contributed by atoms with Crippen LogP contribution >= 0.6 is 15.9 Å². The van der Waals surface area contributed by atoms with Crippen molar-refractivity contribution in [2.24, 2.45) is 5.84 Å². The van der Waals surface area contributed by atoms with Gasteiger partial charge in [0.25, 0.3) is 5.91 Å². The molecule has 0 saturated heterocycles. The fourth-order valence-corrected chi connectivity index (χ4v) is 0.430. The van der Waals surface area contributed by atoms with Crippen molar-refractivity contribution in [1.29, 1.82) is 0 Å². The number of carbonyl (C=O) groups excluding carboxylic acids is 1. The van der Waals surface area contributed by atoms with Crippen LogP contribution in [0.1, 0.15) is 6.92 Å². The quantitative estimate of drug-likeness (QED) is 0.263. The average molecular weight is 179 g/mol. The first-order chi connectivity index (χ1) is 3.66. The van der Waals surface area contributed by atoms with E-state index >= 15 is 0 Å². The van der Waals surface area contributed by atoms with E-state index in [0.717, 1.165) is 4.48 Å². The number of carbonyl (C=O) groups is 1. The molecular weight excluding hydrogens is 172 g/mol. The van der Waals surface area contributed by atoms with Crippen LogP contribution in [0.25, 0.3) is 0 Å². The largest absolute Gasteiger partial charge is 0.291 e. The first-order valence-electron chi connectivity index (χ1n) is 2.01. The van der Waals surface area contributed by atoms with Gasteiger partial charge in [-0.15, -0.1) is 0 Å². The van der Waals surface area contributed by atoms with Gasteiger partial charge in [0.1, 0.15) is 0 Å². The third-order valence-electron chi connectivity index (χ3n) is 0.472. The van der Waals surface area contributed by atoms with Crippen LogP contribution in [-0.2, 0) is 4.79 Å². The highest BCUT2D eigenvalue weighted by atomic mass is 79.9. The molecule has 4 heteroatoms. The molecule has 1 amide bonds. The predicted octanol–water partition coefficient (Wildman–Crippen LogP) is 0.275. The summed E-state index contributed by atoms with van der Waals surface area (Å²) in [4.78, 5) is 10.3. The van der Waals surface area contributed by atoms with Crippen molar-refractivity contribution in [3.8, 4) is 0 Å². The van der Waals surface area contributed by atoms with Crippen LogP contribution in [0.5, 0.6) is 0 Å². The summed E-state index contributed by atoms with van der Waals surface area (Å²) in [6.45, 7) is 1.75. The first kappa shape index (κ1) is 7.65. The zero-order valence-electron chi connectivity index (χ0n) is 4.44. The first-order valence-corrected chi connectivity index (χ1v) is 2.80. The number of nitrogens with one attached hydrogen (secondary N) is 1. The van der Waals surface area contributed by atoms with Crippen molar-refractivity contribution in [3.05, 3.63) is 10.6 Å². The number of halogens is 1. The van der Waals surface area contributed by atoms with Gasteiger partial charge in [0.15, 0.2) is 0 Å². The number of rotatable bonds is 1. The van der Waals surface area contributed by atoms with Crippen LogP contribution in [-0.4, -0.2) is 5.91 Å². The minimum absolute atomic E-state index is 0.306. The summed E-state index contributed by atoms with van der Waals surface area (Å²) in [7, 11) is 0. The van der Waals surface area contributed by atoms with Crippen molar-refractivity contribution < 1.29 is 4.79 Å². The molecule has 3 nitrogen and oxygen atoms in total. The number of allylic oxidation sites excluding steroid dienone is 1. The maximum Gasteiger partial charge on any atom is 0.258 e. The molecule has 0 rings (SSSR count). The molecule has 0 bridgehead atoms. The Morgan fingerprint density at radius 3 is 2.50 bits per heavy atom. The Balaban J connectivity index is 3.70. The number of hydrazine groups is 1. The van der Waals surface area contributed by atoms with Gasteiger partial charge in [0.05, 0.1) is 0 Å². The van der Waals surface area contributed by atoms with Gasteiger partial charge in [0.2, 0.25) is 0 Å². The van der Waals surface area contributed by atoms with E-state index in [9.17, 15) is 4.79 Å². The fourth-order valence-electron chi connectivity index (χ4n) is 0.222. The third kappa shape index (κ3) is 3.83. The Morgan fingerprint density at radius 1 is 1.88 bits per heavy atom. The summed E-state index contributed by atoms with van der Waals surface area (Å²) in [5, 5.41) is 0. The van der Waals surface area contributed by atoms with E-state index in [0.29, 0.717) is 0 Å². The molecule has 0 saturated carbocycles. The summed E-state index contributed by atoms with van der Waals surface area (Å²) in [5.41, 5.74) is 1.95. The second-order valence-corrected chi connectivity index (χ2v) is 2.49. The summed E-state index contributed by atoms with van der Waals surface area (Å²) in [6.07, 6.45) is 1.35. The lowest BCUT2D eigenvalue weighted by Gasteiger charge is -1.88. The lowest BCUT2D eigenvalue weighted by Crippen LogP contribution is -2.28. The standard InChI is InChI=1S/C4H7BrN2O/c1-3(5)2-4(8)7-6/h2H,6H2,1H3,(H,7,8)/b3-2+. The molecule has 46 valence electrons. The number of nitrogens with two attached hydrogens (primary N) is 1. The molecule has 0 aromatic rings. The summed E-state index contributed by atoms with van der Waals surface area (Å²) >= 11 is 3.06. The molecule has 0 aliphatic heterocycles. The van der Waals surface area contributed by atoms with E-state index in [1.165, 1.54) is 6.08 Å². The zero-order valence-corrected chi connectivity index (χ0v) is 6.03. The molecule has 0 fully saturated rings. The predicted molar refractivity (Wildman–Crippen MR) is 35.0 cm³/mol. The average Bonchev–Trinajstić information content (AvgIpc) is 1.65. The molecule has 0 atom stereocenters. The van der Waals surface area contributed by atoms with Crippen LogP contribution in [0, 0.1) is 0 Å². The Morgan fingerprint density at radius 2 is 2.38 bits per heavy atom. The summed E-state index contributed by atoms with van der Waals surface area (Å²) in [6, 6.07) is 0. The molecule has 0 spiro atoms. The molecule has 0 unspecified atom stereocenters. The smallest absolute Gasteiger partial charge is 0.258 e. The molecule has 8 heavy (non-hydrogen) atoms. The Bertz CT molecular complexity index is 117. The SMILES string of the molecule is C/C(Br)=C\C(=O)NN. The Labute approximate surface area is 56.0 Å². The molecule has 3 N–H and O–H groups in total. The van der Waals surface area contributed by atoms with Gasteiger partial charge in [-0.05, 0) is 11.4 Å². The van der Waals surface area contributed by atoms with Crippen LogP contribution in [0.2, 0.25) is 0 Å². The van der Waals surface area contributed by atoms with Crippen LogP contribution in [0.15, 0.2) is 10.6 Å². The molecular formula is C4H7BrN2O. The lowest BCUT2D eigenvalue weighted by atomic mass is 10.5. The van der Waals surface area contributed by atoms with E-state index in [2.05, 4.69) is 15.9 Å². The summed E-state index contributed by atoms with van der Waals surface area (Å²) in [5.74, 6) is 4.45. The molecule has 0 aromatic heterocycles. The number of amides is 1. The highest BCUT2D eigenvalue weighted by molar-refractivity contribution is 9.11.